The lowest BCUT2D eigenvalue weighted by molar-refractivity contribution is -0.116. The Kier molecular flexibility index (Phi) is 6.34. The van der Waals surface area contributed by atoms with E-state index < -0.39 is 9.84 Å². The molecule has 4 rings (SSSR count). The van der Waals surface area contributed by atoms with Crippen molar-refractivity contribution in [1.82, 2.24) is 9.13 Å². The lowest BCUT2D eigenvalue weighted by Gasteiger charge is -2.14. The van der Waals surface area contributed by atoms with E-state index in [0.29, 0.717) is 29.1 Å². The van der Waals surface area contributed by atoms with Crippen LogP contribution in [0, 0.1) is 5.92 Å². The highest BCUT2D eigenvalue weighted by atomic mass is 32.2. The average molecular weight is 472 g/mol. The van der Waals surface area contributed by atoms with E-state index in [1.54, 1.807) is 32.3 Å². The van der Waals surface area contributed by atoms with Gasteiger partial charge in [0.05, 0.1) is 33.6 Å². The summed E-state index contributed by atoms with van der Waals surface area (Å²) in [6.07, 6.45) is 5.81. The number of benzene rings is 2. The standard InChI is InChI=1S/C24H29N3O5S/c1-26-20-14-19(25-23(28)13-8-16-6-4-5-7-16)22(15-21(20)27(2)24(26)29)33(30,31)18-11-9-17(32-3)10-12-18/h9-12,14-16H,4-8,13H2,1-3H3,(H,25,28). The molecule has 1 saturated carbocycles. The van der Waals surface area contributed by atoms with Gasteiger partial charge >= 0.3 is 5.69 Å². The molecule has 176 valence electrons. The number of rotatable bonds is 7. The molecule has 1 aliphatic rings. The first-order chi connectivity index (χ1) is 15.7. The van der Waals surface area contributed by atoms with Gasteiger partial charge in [-0.1, -0.05) is 25.7 Å². The summed E-state index contributed by atoms with van der Waals surface area (Å²) in [5, 5.41) is 2.81. The van der Waals surface area contributed by atoms with Crippen LogP contribution in [-0.4, -0.2) is 30.6 Å². The summed E-state index contributed by atoms with van der Waals surface area (Å²) in [5.74, 6) is 0.860. The van der Waals surface area contributed by atoms with E-state index in [0.717, 1.165) is 19.3 Å². The first-order valence-electron chi connectivity index (χ1n) is 11.1. The van der Waals surface area contributed by atoms with Crippen molar-refractivity contribution in [2.45, 2.75) is 48.3 Å². The fraction of sp³-hybridized carbons (Fsp3) is 0.417. The lowest BCUT2D eigenvalue weighted by Crippen LogP contribution is -2.19. The molecule has 1 aliphatic carbocycles. The fourth-order valence-electron chi connectivity index (χ4n) is 4.57. The van der Waals surface area contributed by atoms with Gasteiger partial charge in [0, 0.05) is 20.5 Å². The first-order valence-corrected chi connectivity index (χ1v) is 12.6. The van der Waals surface area contributed by atoms with E-state index in [4.69, 9.17) is 4.74 Å². The topological polar surface area (TPSA) is 99.4 Å². The third-order valence-electron chi connectivity index (χ3n) is 6.56. The van der Waals surface area contributed by atoms with Gasteiger partial charge in [0.2, 0.25) is 15.7 Å². The zero-order chi connectivity index (χ0) is 23.8. The van der Waals surface area contributed by atoms with Crippen molar-refractivity contribution in [3.8, 4) is 5.75 Å². The van der Waals surface area contributed by atoms with E-state index >= 15 is 0 Å². The molecule has 0 saturated heterocycles. The predicted molar refractivity (Wildman–Crippen MR) is 126 cm³/mol. The number of carbonyl (C=O) groups is 1. The Labute approximate surface area is 193 Å². The Morgan fingerprint density at radius 3 is 2.27 bits per heavy atom. The minimum Gasteiger partial charge on any atom is -0.497 e. The molecule has 1 heterocycles. The summed E-state index contributed by atoms with van der Waals surface area (Å²) in [6, 6.07) is 9.11. The second-order valence-corrected chi connectivity index (χ2v) is 10.6. The van der Waals surface area contributed by atoms with E-state index in [2.05, 4.69) is 5.32 Å². The van der Waals surface area contributed by atoms with E-state index in [1.165, 1.54) is 47.3 Å². The third kappa shape index (κ3) is 4.42. The summed E-state index contributed by atoms with van der Waals surface area (Å²) in [7, 11) is 0.740. The zero-order valence-electron chi connectivity index (χ0n) is 19.1. The Morgan fingerprint density at radius 2 is 1.67 bits per heavy atom. The van der Waals surface area contributed by atoms with Crippen LogP contribution in [0.5, 0.6) is 5.75 Å². The number of methoxy groups -OCH3 is 1. The summed E-state index contributed by atoms with van der Waals surface area (Å²) >= 11 is 0. The molecule has 0 bridgehead atoms. The molecule has 0 radical (unpaired) electrons. The zero-order valence-corrected chi connectivity index (χ0v) is 19.9. The van der Waals surface area contributed by atoms with Gasteiger partial charge in [0.25, 0.3) is 0 Å². The Morgan fingerprint density at radius 1 is 1.06 bits per heavy atom. The number of nitrogens with zero attached hydrogens (tertiary/aromatic N) is 2. The van der Waals surface area contributed by atoms with Crippen LogP contribution in [0.2, 0.25) is 0 Å². The number of amides is 1. The summed E-state index contributed by atoms with van der Waals surface area (Å²) in [6.45, 7) is 0. The maximum atomic E-state index is 13.6. The number of carbonyl (C=O) groups excluding carboxylic acids is 1. The van der Waals surface area contributed by atoms with Gasteiger partial charge < -0.3 is 10.1 Å². The number of aromatic nitrogens is 2. The van der Waals surface area contributed by atoms with E-state index in [1.807, 2.05) is 0 Å². The minimum absolute atomic E-state index is 0.0458. The SMILES string of the molecule is COc1ccc(S(=O)(=O)c2cc3c(cc2NC(=O)CCC2CCCC2)n(C)c(=O)n3C)cc1. The number of ether oxygens (including phenoxy) is 1. The van der Waals surface area contributed by atoms with Gasteiger partial charge in [-0.25, -0.2) is 13.2 Å². The van der Waals surface area contributed by atoms with Gasteiger partial charge in [0.15, 0.2) is 0 Å². The van der Waals surface area contributed by atoms with Gasteiger partial charge in [-0.2, -0.15) is 0 Å². The third-order valence-corrected chi connectivity index (χ3v) is 8.37. The average Bonchev–Trinajstić information content (AvgIpc) is 3.41. The van der Waals surface area contributed by atoms with E-state index in [9.17, 15) is 18.0 Å². The number of anilines is 1. The van der Waals surface area contributed by atoms with Crippen molar-refractivity contribution in [3.63, 3.8) is 0 Å². The Bertz CT molecular complexity index is 1350. The van der Waals surface area contributed by atoms with Crippen molar-refractivity contribution in [3.05, 3.63) is 46.9 Å². The summed E-state index contributed by atoms with van der Waals surface area (Å²) < 4.78 is 35.1. The first kappa shape index (κ1) is 23.1. The van der Waals surface area contributed by atoms with Crippen molar-refractivity contribution < 1.29 is 17.9 Å². The molecule has 0 atom stereocenters. The molecule has 0 unspecified atom stereocenters. The molecule has 0 aliphatic heterocycles. The van der Waals surface area contributed by atoms with Gasteiger partial charge in [-0.05, 0) is 48.7 Å². The molecule has 2 aromatic carbocycles. The molecule has 1 amide bonds. The summed E-state index contributed by atoms with van der Waals surface area (Å²) in [5.41, 5.74) is 0.916. The number of fused-ring (bicyclic) bond motifs is 1. The number of hydrogen-bond donors (Lipinski definition) is 1. The molecule has 9 heteroatoms. The largest absolute Gasteiger partial charge is 0.497 e. The Balaban J connectivity index is 1.76. The van der Waals surface area contributed by atoms with E-state index in [-0.39, 0.29) is 27.1 Å². The second-order valence-electron chi connectivity index (χ2n) is 8.65. The number of hydrogen-bond acceptors (Lipinski definition) is 5. The van der Waals surface area contributed by atoms with Gasteiger partial charge in [-0.15, -0.1) is 0 Å². The molecular formula is C24H29N3O5S. The maximum Gasteiger partial charge on any atom is 0.328 e. The minimum atomic E-state index is -3.98. The number of imidazole rings is 1. The molecular weight excluding hydrogens is 442 g/mol. The number of sulfone groups is 1. The monoisotopic (exact) mass is 471 g/mol. The smallest absolute Gasteiger partial charge is 0.328 e. The highest BCUT2D eigenvalue weighted by molar-refractivity contribution is 7.91. The van der Waals surface area contributed by atoms with Crippen LogP contribution in [0.4, 0.5) is 5.69 Å². The molecule has 8 nitrogen and oxygen atoms in total. The molecule has 1 fully saturated rings. The van der Waals surface area contributed by atoms with Crippen LogP contribution in [0.25, 0.3) is 11.0 Å². The molecule has 0 spiro atoms. The molecule has 1 aromatic heterocycles. The van der Waals surface area contributed by atoms with Crippen molar-refractivity contribution in [1.29, 1.82) is 0 Å². The highest BCUT2D eigenvalue weighted by Gasteiger charge is 2.26. The number of aryl methyl sites for hydroxylation is 2. The quantitative estimate of drug-likeness (QED) is 0.567. The van der Waals surface area contributed by atoms with Gasteiger partial charge in [0.1, 0.15) is 5.75 Å². The predicted octanol–water partition coefficient (Wildman–Crippen LogP) is 3.63. The van der Waals surface area contributed by atoms with Crippen LogP contribution in [0.15, 0.2) is 51.0 Å². The summed E-state index contributed by atoms with van der Waals surface area (Å²) in [4.78, 5) is 25.2. The second kappa shape index (κ2) is 9.05. The van der Waals surface area contributed by atoms with Crippen LogP contribution < -0.4 is 15.7 Å². The molecule has 33 heavy (non-hydrogen) atoms. The van der Waals surface area contributed by atoms with Gasteiger partial charge in [-0.3, -0.25) is 13.9 Å². The lowest BCUT2D eigenvalue weighted by atomic mass is 10.0. The normalized spacial score (nSPS) is 14.6. The highest BCUT2D eigenvalue weighted by Crippen LogP contribution is 2.33. The van der Waals surface area contributed by atoms with Crippen molar-refractivity contribution in [2.24, 2.45) is 20.0 Å². The van der Waals surface area contributed by atoms with Crippen LogP contribution in [0.1, 0.15) is 38.5 Å². The van der Waals surface area contributed by atoms with Crippen LogP contribution in [-0.2, 0) is 28.7 Å². The molecule has 3 aromatic rings. The van der Waals surface area contributed by atoms with Crippen molar-refractivity contribution in [2.75, 3.05) is 12.4 Å². The molecule has 1 N–H and O–H groups in total. The fourth-order valence-corrected chi connectivity index (χ4v) is 5.99. The number of nitrogens with one attached hydrogen (secondary N) is 1. The van der Waals surface area contributed by atoms with Crippen LogP contribution >= 0.6 is 0 Å². The Hall–Kier alpha value is -3.07. The maximum absolute atomic E-state index is 13.6. The van der Waals surface area contributed by atoms with Crippen LogP contribution in [0.3, 0.4) is 0 Å². The van der Waals surface area contributed by atoms with Crippen molar-refractivity contribution >= 4 is 32.5 Å².